The van der Waals surface area contributed by atoms with E-state index in [0.29, 0.717) is 17.8 Å². The number of hydrogen-bond donors (Lipinski definition) is 2. The number of carbonyl (C=O) groups is 3. The SMILES string of the molecule is CC(C)NC(=O)c1ccccc1NC(=O)[C@@H]1CC(=O)N(c2ccccc2)C1. The predicted molar refractivity (Wildman–Crippen MR) is 105 cm³/mol. The van der Waals surface area contributed by atoms with Gasteiger partial charge in [-0.2, -0.15) is 0 Å². The second-order valence-corrected chi connectivity index (χ2v) is 6.90. The van der Waals surface area contributed by atoms with Gasteiger partial charge in [0, 0.05) is 24.7 Å². The quantitative estimate of drug-likeness (QED) is 0.855. The van der Waals surface area contributed by atoms with Crippen molar-refractivity contribution in [3.05, 3.63) is 60.2 Å². The zero-order valence-electron chi connectivity index (χ0n) is 15.4. The first-order valence-corrected chi connectivity index (χ1v) is 9.02. The molecule has 27 heavy (non-hydrogen) atoms. The lowest BCUT2D eigenvalue weighted by molar-refractivity contribution is -0.122. The molecule has 140 valence electrons. The number of para-hydroxylation sites is 2. The average molecular weight is 365 g/mol. The fourth-order valence-electron chi connectivity index (χ4n) is 3.11. The summed E-state index contributed by atoms with van der Waals surface area (Å²) < 4.78 is 0. The lowest BCUT2D eigenvalue weighted by atomic mass is 10.1. The minimum Gasteiger partial charge on any atom is -0.350 e. The largest absolute Gasteiger partial charge is 0.350 e. The number of hydrogen-bond acceptors (Lipinski definition) is 3. The molecule has 0 aromatic heterocycles. The van der Waals surface area contributed by atoms with Crippen molar-refractivity contribution in [2.45, 2.75) is 26.3 Å². The van der Waals surface area contributed by atoms with E-state index in [1.54, 1.807) is 29.2 Å². The van der Waals surface area contributed by atoms with Crippen LogP contribution in [0.5, 0.6) is 0 Å². The van der Waals surface area contributed by atoms with Crippen LogP contribution < -0.4 is 15.5 Å². The van der Waals surface area contributed by atoms with Crippen LogP contribution in [-0.4, -0.2) is 30.3 Å². The van der Waals surface area contributed by atoms with Crippen LogP contribution in [0.25, 0.3) is 0 Å². The third-order valence-electron chi connectivity index (χ3n) is 4.41. The van der Waals surface area contributed by atoms with Crippen molar-refractivity contribution in [2.75, 3.05) is 16.8 Å². The van der Waals surface area contributed by atoms with E-state index in [0.717, 1.165) is 5.69 Å². The first-order valence-electron chi connectivity index (χ1n) is 9.02. The zero-order chi connectivity index (χ0) is 19.4. The van der Waals surface area contributed by atoms with Gasteiger partial charge in [0.2, 0.25) is 11.8 Å². The molecule has 1 heterocycles. The van der Waals surface area contributed by atoms with Crippen molar-refractivity contribution in [1.82, 2.24) is 5.32 Å². The van der Waals surface area contributed by atoms with Gasteiger partial charge in [0.05, 0.1) is 17.2 Å². The third-order valence-corrected chi connectivity index (χ3v) is 4.41. The van der Waals surface area contributed by atoms with Crippen molar-refractivity contribution >= 4 is 29.1 Å². The number of benzene rings is 2. The second kappa shape index (κ2) is 8.03. The maximum atomic E-state index is 12.7. The number of anilines is 2. The number of nitrogens with zero attached hydrogens (tertiary/aromatic N) is 1. The van der Waals surface area contributed by atoms with E-state index in [9.17, 15) is 14.4 Å². The molecular formula is C21H23N3O3. The maximum absolute atomic E-state index is 12.7. The van der Waals surface area contributed by atoms with Crippen LogP contribution in [0.1, 0.15) is 30.6 Å². The van der Waals surface area contributed by atoms with Gasteiger partial charge in [0.25, 0.3) is 5.91 Å². The Labute approximate surface area is 158 Å². The highest BCUT2D eigenvalue weighted by molar-refractivity contribution is 6.07. The molecule has 2 aromatic rings. The van der Waals surface area contributed by atoms with Crippen LogP contribution in [-0.2, 0) is 9.59 Å². The molecule has 2 aromatic carbocycles. The molecule has 0 unspecified atom stereocenters. The summed E-state index contributed by atoms with van der Waals surface area (Å²) in [5.41, 5.74) is 1.64. The molecule has 0 bridgehead atoms. The van der Waals surface area contributed by atoms with Crippen LogP contribution in [0, 0.1) is 5.92 Å². The van der Waals surface area contributed by atoms with Gasteiger partial charge in [-0.3, -0.25) is 14.4 Å². The van der Waals surface area contributed by atoms with Gasteiger partial charge in [0.1, 0.15) is 0 Å². The summed E-state index contributed by atoms with van der Waals surface area (Å²) in [6.45, 7) is 4.08. The van der Waals surface area contributed by atoms with Gasteiger partial charge in [-0.1, -0.05) is 30.3 Å². The van der Waals surface area contributed by atoms with Gasteiger partial charge >= 0.3 is 0 Å². The Hall–Kier alpha value is -3.15. The molecule has 6 heteroatoms. The summed E-state index contributed by atoms with van der Waals surface area (Å²) in [5, 5.41) is 5.65. The predicted octanol–water partition coefficient (Wildman–Crippen LogP) is 2.82. The van der Waals surface area contributed by atoms with Crippen LogP contribution >= 0.6 is 0 Å². The Bertz CT molecular complexity index is 849. The normalized spacial score (nSPS) is 16.5. The Kier molecular flexibility index (Phi) is 5.54. The van der Waals surface area contributed by atoms with Gasteiger partial charge in [-0.25, -0.2) is 0 Å². The minimum absolute atomic E-state index is 0.00635. The van der Waals surface area contributed by atoms with Crippen LogP contribution in [0.3, 0.4) is 0 Å². The van der Waals surface area contributed by atoms with Gasteiger partial charge in [-0.15, -0.1) is 0 Å². The fraction of sp³-hybridized carbons (Fsp3) is 0.286. The summed E-state index contributed by atoms with van der Waals surface area (Å²) >= 11 is 0. The molecule has 3 amide bonds. The van der Waals surface area contributed by atoms with E-state index in [2.05, 4.69) is 10.6 Å². The summed E-state index contributed by atoms with van der Waals surface area (Å²) in [7, 11) is 0. The molecule has 0 radical (unpaired) electrons. The van der Waals surface area contributed by atoms with E-state index in [1.807, 2.05) is 44.2 Å². The highest BCUT2D eigenvalue weighted by Gasteiger charge is 2.35. The van der Waals surface area contributed by atoms with Crippen LogP contribution in [0.2, 0.25) is 0 Å². The molecule has 1 aliphatic heterocycles. The lowest BCUT2D eigenvalue weighted by Crippen LogP contribution is -2.32. The summed E-state index contributed by atoms with van der Waals surface area (Å²) in [5.74, 6) is -1.04. The highest BCUT2D eigenvalue weighted by Crippen LogP contribution is 2.26. The van der Waals surface area contributed by atoms with Crippen molar-refractivity contribution in [3.8, 4) is 0 Å². The molecule has 0 saturated carbocycles. The molecule has 6 nitrogen and oxygen atoms in total. The van der Waals surface area contributed by atoms with Gasteiger partial charge < -0.3 is 15.5 Å². The van der Waals surface area contributed by atoms with E-state index in [4.69, 9.17) is 0 Å². The average Bonchev–Trinajstić information content (AvgIpc) is 3.04. The number of nitrogens with one attached hydrogen (secondary N) is 2. The fourth-order valence-corrected chi connectivity index (χ4v) is 3.11. The molecule has 1 atom stereocenters. The van der Waals surface area contributed by atoms with Gasteiger partial charge in [0.15, 0.2) is 0 Å². The van der Waals surface area contributed by atoms with Crippen molar-refractivity contribution in [2.24, 2.45) is 5.92 Å². The first kappa shape index (κ1) is 18.6. The van der Waals surface area contributed by atoms with E-state index >= 15 is 0 Å². The number of rotatable bonds is 5. The Morgan fingerprint density at radius 3 is 2.41 bits per heavy atom. The van der Waals surface area contributed by atoms with Crippen molar-refractivity contribution < 1.29 is 14.4 Å². The Morgan fingerprint density at radius 2 is 1.70 bits per heavy atom. The lowest BCUT2D eigenvalue weighted by Gasteiger charge is -2.17. The highest BCUT2D eigenvalue weighted by atomic mass is 16.2. The first-order chi connectivity index (χ1) is 13.0. The molecule has 3 rings (SSSR count). The van der Waals surface area contributed by atoms with Crippen molar-refractivity contribution in [3.63, 3.8) is 0 Å². The van der Waals surface area contributed by atoms with Crippen LogP contribution in [0.4, 0.5) is 11.4 Å². The monoisotopic (exact) mass is 365 g/mol. The summed E-state index contributed by atoms with van der Waals surface area (Å²) in [4.78, 5) is 39.0. The van der Waals surface area contributed by atoms with Crippen LogP contribution in [0.15, 0.2) is 54.6 Å². The minimum atomic E-state index is -0.459. The molecule has 2 N–H and O–H groups in total. The van der Waals surface area contributed by atoms with E-state index < -0.39 is 5.92 Å². The zero-order valence-corrected chi connectivity index (χ0v) is 15.4. The molecule has 1 fully saturated rings. The smallest absolute Gasteiger partial charge is 0.253 e. The Balaban J connectivity index is 1.72. The molecule has 0 aliphatic carbocycles. The number of carbonyl (C=O) groups excluding carboxylic acids is 3. The molecule has 1 aliphatic rings. The van der Waals surface area contributed by atoms with E-state index in [1.165, 1.54) is 0 Å². The Morgan fingerprint density at radius 1 is 1.04 bits per heavy atom. The van der Waals surface area contributed by atoms with Gasteiger partial charge in [-0.05, 0) is 38.1 Å². The second-order valence-electron chi connectivity index (χ2n) is 6.90. The topological polar surface area (TPSA) is 78.5 Å². The van der Waals surface area contributed by atoms with Crippen molar-refractivity contribution in [1.29, 1.82) is 0 Å². The van der Waals surface area contributed by atoms with E-state index in [-0.39, 0.29) is 30.2 Å². The third kappa shape index (κ3) is 4.34. The molecule has 1 saturated heterocycles. The number of amides is 3. The summed E-state index contributed by atoms with van der Waals surface area (Å²) in [6.07, 6.45) is 0.154. The maximum Gasteiger partial charge on any atom is 0.253 e. The molecule has 0 spiro atoms. The standard InChI is InChI=1S/C21H23N3O3/c1-14(2)22-21(27)17-10-6-7-11-18(17)23-20(26)15-12-19(25)24(13-15)16-8-4-3-5-9-16/h3-11,14-15H,12-13H2,1-2H3,(H,22,27)(H,23,26)/t15-/m1/s1. The molecular weight excluding hydrogens is 342 g/mol. The summed E-state index contributed by atoms with van der Waals surface area (Å²) in [6, 6.07) is 16.2.